The van der Waals surface area contributed by atoms with Gasteiger partial charge in [-0.3, -0.25) is 4.79 Å². The summed E-state index contributed by atoms with van der Waals surface area (Å²) >= 11 is 0. The van der Waals surface area contributed by atoms with Crippen LogP contribution in [-0.2, 0) is 4.79 Å². The molecule has 1 amide bonds. The number of alkyl halides is 6. The summed E-state index contributed by atoms with van der Waals surface area (Å²) in [5.41, 5.74) is 7.45. The van der Waals surface area contributed by atoms with E-state index in [4.69, 9.17) is 10.5 Å². The van der Waals surface area contributed by atoms with Gasteiger partial charge in [0.2, 0.25) is 6.04 Å². The summed E-state index contributed by atoms with van der Waals surface area (Å²) in [5, 5.41) is 4.21. The standard InChI is InChI=1S/C20H16F7N5O2/c1-9-4-11(28)6-13-16(9)17(30-8-29-13)31-12-3-2-10(21)5-14(12)34-7-15(33)32-18(19(22,23)24)20(25,26)27/h2-6,8,18H,7,28H2,1H3,(H,32,33)(H,29,30,31). The lowest BCUT2D eigenvalue weighted by molar-refractivity contribution is -0.257. The van der Waals surface area contributed by atoms with Crippen molar-refractivity contribution < 1.29 is 40.3 Å². The minimum absolute atomic E-state index is 0.0358. The molecule has 0 atom stereocenters. The molecular weight excluding hydrogens is 475 g/mol. The van der Waals surface area contributed by atoms with E-state index in [1.165, 1.54) is 12.4 Å². The average Bonchev–Trinajstić information content (AvgIpc) is 2.70. The monoisotopic (exact) mass is 491 g/mol. The topological polar surface area (TPSA) is 102 Å². The van der Waals surface area contributed by atoms with Gasteiger partial charge < -0.3 is 21.1 Å². The molecule has 2 aromatic carbocycles. The van der Waals surface area contributed by atoms with E-state index in [0.29, 0.717) is 22.2 Å². The maximum atomic E-state index is 13.7. The fourth-order valence-corrected chi connectivity index (χ4v) is 3.06. The van der Waals surface area contributed by atoms with Gasteiger partial charge in [-0.15, -0.1) is 0 Å². The van der Waals surface area contributed by atoms with Gasteiger partial charge in [-0.1, -0.05) is 0 Å². The van der Waals surface area contributed by atoms with E-state index in [2.05, 4.69) is 15.3 Å². The Bertz CT molecular complexity index is 1200. The minimum Gasteiger partial charge on any atom is -0.481 e. The van der Waals surface area contributed by atoms with Gasteiger partial charge in [-0.05, 0) is 36.8 Å². The van der Waals surface area contributed by atoms with Crippen LogP contribution in [0, 0.1) is 12.7 Å². The molecule has 0 fully saturated rings. The first-order valence-electron chi connectivity index (χ1n) is 9.38. The van der Waals surface area contributed by atoms with Gasteiger partial charge in [0.1, 0.15) is 23.7 Å². The summed E-state index contributed by atoms with van der Waals surface area (Å²) in [6.07, 6.45) is -10.3. The highest BCUT2D eigenvalue weighted by Crippen LogP contribution is 2.34. The molecule has 182 valence electrons. The van der Waals surface area contributed by atoms with Crippen molar-refractivity contribution in [2.24, 2.45) is 0 Å². The molecule has 0 spiro atoms. The normalized spacial score (nSPS) is 12.1. The van der Waals surface area contributed by atoms with Crippen molar-refractivity contribution in [2.45, 2.75) is 25.3 Å². The van der Waals surface area contributed by atoms with Gasteiger partial charge in [-0.25, -0.2) is 14.4 Å². The summed E-state index contributed by atoms with van der Waals surface area (Å²) in [5.74, 6) is -2.67. The van der Waals surface area contributed by atoms with Crippen molar-refractivity contribution in [2.75, 3.05) is 17.7 Å². The van der Waals surface area contributed by atoms with Crippen molar-refractivity contribution in [1.29, 1.82) is 0 Å². The third-order valence-corrected chi connectivity index (χ3v) is 4.47. The molecule has 0 saturated heterocycles. The Kier molecular flexibility index (Phi) is 6.70. The Balaban J connectivity index is 1.83. The van der Waals surface area contributed by atoms with Crippen LogP contribution in [0.2, 0.25) is 0 Å². The number of amides is 1. The van der Waals surface area contributed by atoms with Crippen LogP contribution in [0.3, 0.4) is 0 Å². The number of hydrogen-bond donors (Lipinski definition) is 3. The molecule has 7 nitrogen and oxygen atoms in total. The van der Waals surface area contributed by atoms with Gasteiger partial charge in [0.15, 0.2) is 6.61 Å². The van der Waals surface area contributed by atoms with Crippen LogP contribution < -0.4 is 21.1 Å². The second-order valence-electron chi connectivity index (χ2n) is 7.09. The van der Waals surface area contributed by atoms with Gasteiger partial charge in [0, 0.05) is 17.1 Å². The molecule has 1 heterocycles. The van der Waals surface area contributed by atoms with Crippen LogP contribution in [-0.4, -0.2) is 40.9 Å². The predicted octanol–water partition coefficient (Wildman–Crippen LogP) is 4.39. The van der Waals surface area contributed by atoms with Crippen LogP contribution in [0.4, 0.5) is 47.9 Å². The second kappa shape index (κ2) is 9.19. The quantitative estimate of drug-likeness (QED) is 0.349. The van der Waals surface area contributed by atoms with Crippen LogP contribution in [0.15, 0.2) is 36.7 Å². The molecule has 34 heavy (non-hydrogen) atoms. The van der Waals surface area contributed by atoms with Crippen LogP contribution in [0.1, 0.15) is 5.56 Å². The number of fused-ring (bicyclic) bond motifs is 1. The smallest absolute Gasteiger partial charge is 0.417 e. The Hall–Kier alpha value is -3.84. The lowest BCUT2D eigenvalue weighted by atomic mass is 10.1. The Morgan fingerprint density at radius 2 is 1.76 bits per heavy atom. The van der Waals surface area contributed by atoms with E-state index in [0.717, 1.165) is 17.4 Å². The molecule has 14 heteroatoms. The first-order chi connectivity index (χ1) is 15.8. The Morgan fingerprint density at radius 3 is 2.41 bits per heavy atom. The third kappa shape index (κ3) is 5.74. The molecule has 3 rings (SSSR count). The number of benzene rings is 2. The number of ether oxygens (including phenoxy) is 1. The molecule has 0 radical (unpaired) electrons. The van der Waals surface area contributed by atoms with Gasteiger partial charge in [0.25, 0.3) is 5.91 Å². The van der Waals surface area contributed by atoms with Crippen molar-refractivity contribution in [3.63, 3.8) is 0 Å². The van der Waals surface area contributed by atoms with Crippen LogP contribution in [0.5, 0.6) is 5.75 Å². The highest BCUT2D eigenvalue weighted by Gasteiger charge is 2.57. The molecule has 0 aliphatic heterocycles. The molecular formula is C20H16F7N5O2. The third-order valence-electron chi connectivity index (χ3n) is 4.47. The first kappa shape index (κ1) is 24.8. The number of rotatable bonds is 6. The zero-order valence-corrected chi connectivity index (χ0v) is 17.2. The lowest BCUT2D eigenvalue weighted by Gasteiger charge is -2.24. The molecule has 3 aromatic rings. The SMILES string of the molecule is Cc1cc(N)cc2ncnc(Nc3ccc(F)cc3OCC(=O)NC(C(F)(F)F)C(F)(F)F)c12. The molecule has 4 N–H and O–H groups in total. The first-order valence-corrected chi connectivity index (χ1v) is 9.38. The lowest BCUT2D eigenvalue weighted by Crippen LogP contribution is -2.55. The maximum absolute atomic E-state index is 13.7. The number of carbonyl (C=O) groups is 1. The maximum Gasteiger partial charge on any atom is 0.417 e. The molecule has 0 bridgehead atoms. The number of aromatic nitrogens is 2. The fraction of sp³-hybridized carbons (Fsp3) is 0.250. The van der Waals surface area contributed by atoms with E-state index >= 15 is 0 Å². The summed E-state index contributed by atoms with van der Waals surface area (Å²) < 4.78 is 94.6. The Labute approximate surface area is 187 Å². The number of hydrogen-bond acceptors (Lipinski definition) is 6. The van der Waals surface area contributed by atoms with Gasteiger partial charge in [0.05, 0.1) is 11.2 Å². The summed E-state index contributed by atoms with van der Waals surface area (Å²) in [4.78, 5) is 20.0. The van der Waals surface area contributed by atoms with E-state index in [1.54, 1.807) is 19.1 Å². The number of nitrogens with one attached hydrogen (secondary N) is 2. The summed E-state index contributed by atoms with van der Waals surface area (Å²) in [7, 11) is 0. The highest BCUT2D eigenvalue weighted by molar-refractivity contribution is 5.95. The molecule has 0 aliphatic rings. The Morgan fingerprint density at radius 1 is 1.09 bits per heavy atom. The minimum atomic E-state index is -5.77. The highest BCUT2D eigenvalue weighted by atomic mass is 19.4. The molecule has 1 aromatic heterocycles. The number of anilines is 3. The summed E-state index contributed by atoms with van der Waals surface area (Å²) in [6, 6.07) is 2.17. The van der Waals surface area contributed by atoms with E-state index in [1.807, 2.05) is 0 Å². The predicted molar refractivity (Wildman–Crippen MR) is 108 cm³/mol. The van der Waals surface area contributed by atoms with Crippen LogP contribution in [0.25, 0.3) is 10.9 Å². The number of halogens is 7. The van der Waals surface area contributed by atoms with E-state index in [-0.39, 0.29) is 17.3 Å². The van der Waals surface area contributed by atoms with E-state index in [9.17, 15) is 35.5 Å². The summed E-state index contributed by atoms with van der Waals surface area (Å²) in [6.45, 7) is 0.484. The second-order valence-corrected chi connectivity index (χ2v) is 7.09. The van der Waals surface area contributed by atoms with Gasteiger partial charge in [-0.2, -0.15) is 26.3 Å². The largest absolute Gasteiger partial charge is 0.481 e. The molecule has 0 unspecified atom stereocenters. The van der Waals surface area contributed by atoms with Crippen molar-refractivity contribution >= 4 is 34.0 Å². The van der Waals surface area contributed by atoms with Gasteiger partial charge >= 0.3 is 12.4 Å². The number of nitrogen functional groups attached to an aromatic ring is 1. The average molecular weight is 491 g/mol. The number of nitrogens with zero attached hydrogens (tertiary/aromatic N) is 2. The molecule has 0 saturated carbocycles. The zero-order chi connectivity index (χ0) is 25.3. The van der Waals surface area contributed by atoms with Crippen LogP contribution >= 0.6 is 0 Å². The van der Waals surface area contributed by atoms with Crippen molar-refractivity contribution in [3.8, 4) is 5.75 Å². The number of nitrogens with two attached hydrogens (primary N) is 1. The fourth-order valence-electron chi connectivity index (χ4n) is 3.06. The number of aryl methyl sites for hydroxylation is 1. The zero-order valence-electron chi connectivity index (χ0n) is 17.2. The van der Waals surface area contributed by atoms with Crippen molar-refractivity contribution in [3.05, 3.63) is 48.0 Å². The molecule has 0 aliphatic carbocycles. The number of carbonyl (C=O) groups excluding carboxylic acids is 1. The van der Waals surface area contributed by atoms with E-state index < -0.39 is 36.7 Å². The van der Waals surface area contributed by atoms with Crippen molar-refractivity contribution in [1.82, 2.24) is 15.3 Å².